The molecule has 0 atom stereocenters. The molecular weight excluding hydrogens is 356 g/mol. The number of methoxy groups -OCH3 is 1. The number of ether oxygens (including phenoxy) is 2. The Hall–Kier alpha value is -3.45. The first-order valence-electron chi connectivity index (χ1n) is 8.87. The molecule has 2 aromatic carbocycles. The van der Waals surface area contributed by atoms with Crippen LogP contribution in [0, 0.1) is 6.92 Å². The van der Waals surface area contributed by atoms with Crippen molar-refractivity contribution in [3.05, 3.63) is 72.1 Å². The van der Waals surface area contributed by atoms with E-state index in [0.717, 1.165) is 5.75 Å². The zero-order valence-corrected chi connectivity index (χ0v) is 15.8. The molecule has 7 heteroatoms. The first kappa shape index (κ1) is 19.3. The molecule has 144 valence electrons. The molecule has 28 heavy (non-hydrogen) atoms. The summed E-state index contributed by atoms with van der Waals surface area (Å²) in [7, 11) is 1.62. The van der Waals surface area contributed by atoms with E-state index < -0.39 is 0 Å². The largest absolute Gasteiger partial charge is 0.457 e. The topological polar surface area (TPSA) is 85.4 Å². The van der Waals surface area contributed by atoms with Crippen LogP contribution in [0.1, 0.15) is 16.2 Å². The molecule has 0 unspecified atom stereocenters. The van der Waals surface area contributed by atoms with Crippen molar-refractivity contribution in [2.24, 2.45) is 0 Å². The van der Waals surface area contributed by atoms with E-state index >= 15 is 0 Å². The molecule has 0 saturated heterocycles. The van der Waals surface area contributed by atoms with Crippen LogP contribution in [0.4, 0.5) is 11.6 Å². The van der Waals surface area contributed by atoms with Gasteiger partial charge in [-0.2, -0.15) is 0 Å². The van der Waals surface area contributed by atoms with E-state index in [9.17, 15) is 4.79 Å². The standard InChI is InChI=1S/C21H22N4O3/c1-15-14-19(25-21(23-15)22-12-13-27-2)20(26)24-16-8-10-18(11-9-16)28-17-6-4-3-5-7-17/h3-11,14H,12-13H2,1-2H3,(H,24,26)(H,22,23,25). The second kappa shape index (κ2) is 9.48. The van der Waals surface area contributed by atoms with Gasteiger partial charge in [-0.1, -0.05) is 18.2 Å². The van der Waals surface area contributed by atoms with E-state index in [2.05, 4.69) is 20.6 Å². The maximum Gasteiger partial charge on any atom is 0.274 e. The summed E-state index contributed by atoms with van der Waals surface area (Å²) in [5, 5.41) is 5.87. The van der Waals surface area contributed by atoms with Crippen LogP contribution >= 0.6 is 0 Å². The Balaban J connectivity index is 1.64. The molecule has 0 aliphatic carbocycles. The highest BCUT2D eigenvalue weighted by Gasteiger charge is 2.11. The van der Waals surface area contributed by atoms with E-state index in [1.165, 1.54) is 0 Å². The fourth-order valence-electron chi connectivity index (χ4n) is 2.45. The Morgan fingerprint density at radius 2 is 1.71 bits per heavy atom. The number of nitrogens with zero attached hydrogens (tertiary/aromatic N) is 2. The Morgan fingerprint density at radius 3 is 2.43 bits per heavy atom. The summed E-state index contributed by atoms with van der Waals surface area (Å²) >= 11 is 0. The van der Waals surface area contributed by atoms with Gasteiger partial charge in [-0.3, -0.25) is 4.79 Å². The maximum atomic E-state index is 12.5. The van der Waals surface area contributed by atoms with Crippen LogP contribution < -0.4 is 15.4 Å². The van der Waals surface area contributed by atoms with Gasteiger partial charge in [0.1, 0.15) is 17.2 Å². The minimum absolute atomic E-state index is 0.289. The van der Waals surface area contributed by atoms with E-state index in [0.29, 0.717) is 36.2 Å². The number of rotatable bonds is 8. The van der Waals surface area contributed by atoms with Crippen molar-refractivity contribution in [3.63, 3.8) is 0 Å². The zero-order chi connectivity index (χ0) is 19.8. The minimum Gasteiger partial charge on any atom is -0.457 e. The third-order valence-corrected chi connectivity index (χ3v) is 3.77. The second-order valence-electron chi connectivity index (χ2n) is 6.03. The van der Waals surface area contributed by atoms with Gasteiger partial charge >= 0.3 is 0 Å². The molecular formula is C21H22N4O3. The van der Waals surface area contributed by atoms with Crippen molar-refractivity contribution in [3.8, 4) is 11.5 Å². The molecule has 0 spiro atoms. The summed E-state index contributed by atoms with van der Waals surface area (Å²) < 4.78 is 10.7. The van der Waals surface area contributed by atoms with Crippen molar-refractivity contribution in [2.75, 3.05) is 30.9 Å². The third-order valence-electron chi connectivity index (χ3n) is 3.77. The van der Waals surface area contributed by atoms with E-state index in [-0.39, 0.29) is 11.6 Å². The zero-order valence-electron chi connectivity index (χ0n) is 15.8. The SMILES string of the molecule is COCCNc1nc(C)cc(C(=O)Nc2ccc(Oc3ccccc3)cc2)n1. The number of anilines is 2. The maximum absolute atomic E-state index is 12.5. The number of hydrogen-bond donors (Lipinski definition) is 2. The Morgan fingerprint density at radius 1 is 1.00 bits per heavy atom. The molecule has 7 nitrogen and oxygen atoms in total. The summed E-state index contributed by atoms with van der Waals surface area (Å²) in [5.41, 5.74) is 1.64. The number of carbonyl (C=O) groups is 1. The summed E-state index contributed by atoms with van der Waals surface area (Å²) in [6.07, 6.45) is 0. The number of hydrogen-bond acceptors (Lipinski definition) is 6. The molecule has 0 bridgehead atoms. The van der Waals surface area contributed by atoms with Gasteiger partial charge in [0.2, 0.25) is 5.95 Å². The molecule has 0 saturated carbocycles. The predicted octanol–water partition coefficient (Wildman–Crippen LogP) is 3.89. The molecule has 1 aromatic heterocycles. The molecule has 2 N–H and O–H groups in total. The molecule has 3 aromatic rings. The minimum atomic E-state index is -0.308. The smallest absolute Gasteiger partial charge is 0.274 e. The summed E-state index contributed by atoms with van der Waals surface area (Å²) in [4.78, 5) is 21.1. The van der Waals surface area contributed by atoms with Gasteiger partial charge in [0.15, 0.2) is 0 Å². The summed E-state index contributed by atoms with van der Waals surface area (Å²) in [6, 6.07) is 18.3. The number of para-hydroxylation sites is 1. The fraction of sp³-hybridized carbons (Fsp3) is 0.190. The Labute approximate surface area is 163 Å². The summed E-state index contributed by atoms with van der Waals surface area (Å²) in [5.74, 6) is 1.53. The van der Waals surface area contributed by atoms with Gasteiger partial charge in [0, 0.05) is 25.0 Å². The number of aromatic nitrogens is 2. The van der Waals surface area contributed by atoms with Crippen molar-refractivity contribution in [1.29, 1.82) is 0 Å². The lowest BCUT2D eigenvalue weighted by Gasteiger charge is -2.10. The van der Waals surface area contributed by atoms with Gasteiger partial charge in [0.05, 0.1) is 6.61 Å². The lowest BCUT2D eigenvalue weighted by Crippen LogP contribution is -2.17. The molecule has 0 fully saturated rings. The number of aryl methyl sites for hydroxylation is 1. The van der Waals surface area contributed by atoms with Crippen molar-refractivity contribution < 1.29 is 14.3 Å². The molecule has 0 aliphatic rings. The van der Waals surface area contributed by atoms with E-state index in [4.69, 9.17) is 9.47 Å². The van der Waals surface area contributed by atoms with Crippen LogP contribution in [-0.4, -0.2) is 36.1 Å². The van der Waals surface area contributed by atoms with Crippen molar-refractivity contribution in [2.45, 2.75) is 6.92 Å². The lowest BCUT2D eigenvalue weighted by molar-refractivity contribution is 0.102. The van der Waals surface area contributed by atoms with Crippen LogP contribution in [0.3, 0.4) is 0 Å². The lowest BCUT2D eigenvalue weighted by atomic mass is 10.2. The molecule has 1 heterocycles. The molecule has 3 rings (SSSR count). The Kier molecular flexibility index (Phi) is 6.54. The van der Waals surface area contributed by atoms with Crippen LogP contribution in [-0.2, 0) is 4.74 Å². The monoisotopic (exact) mass is 378 g/mol. The van der Waals surface area contributed by atoms with Crippen LogP contribution in [0.2, 0.25) is 0 Å². The fourth-order valence-corrected chi connectivity index (χ4v) is 2.45. The Bertz CT molecular complexity index is 915. The van der Waals surface area contributed by atoms with Gasteiger partial charge in [-0.05, 0) is 49.4 Å². The van der Waals surface area contributed by atoms with Crippen LogP contribution in [0.5, 0.6) is 11.5 Å². The normalized spacial score (nSPS) is 10.4. The number of benzene rings is 2. The highest BCUT2D eigenvalue weighted by molar-refractivity contribution is 6.03. The summed E-state index contributed by atoms with van der Waals surface area (Å²) in [6.45, 7) is 2.90. The molecule has 0 radical (unpaired) electrons. The average molecular weight is 378 g/mol. The second-order valence-corrected chi connectivity index (χ2v) is 6.03. The van der Waals surface area contributed by atoms with Crippen molar-refractivity contribution >= 4 is 17.5 Å². The number of nitrogens with one attached hydrogen (secondary N) is 2. The highest BCUT2D eigenvalue weighted by atomic mass is 16.5. The average Bonchev–Trinajstić information content (AvgIpc) is 2.70. The van der Waals surface area contributed by atoms with Gasteiger partial charge in [0.25, 0.3) is 5.91 Å². The number of amides is 1. The first-order valence-corrected chi connectivity index (χ1v) is 8.87. The van der Waals surface area contributed by atoms with Crippen molar-refractivity contribution in [1.82, 2.24) is 9.97 Å². The van der Waals surface area contributed by atoms with Gasteiger partial charge < -0.3 is 20.1 Å². The van der Waals surface area contributed by atoms with Crippen LogP contribution in [0.15, 0.2) is 60.7 Å². The number of carbonyl (C=O) groups excluding carboxylic acids is 1. The van der Waals surface area contributed by atoms with Crippen LogP contribution in [0.25, 0.3) is 0 Å². The van der Waals surface area contributed by atoms with E-state index in [1.807, 2.05) is 37.3 Å². The predicted molar refractivity (Wildman–Crippen MR) is 108 cm³/mol. The molecule has 1 amide bonds. The highest BCUT2D eigenvalue weighted by Crippen LogP contribution is 2.22. The van der Waals surface area contributed by atoms with Gasteiger partial charge in [-0.25, -0.2) is 9.97 Å². The third kappa shape index (κ3) is 5.52. The molecule has 0 aliphatic heterocycles. The van der Waals surface area contributed by atoms with E-state index in [1.54, 1.807) is 37.4 Å². The first-order chi connectivity index (χ1) is 13.6. The van der Waals surface area contributed by atoms with Gasteiger partial charge in [-0.15, -0.1) is 0 Å². The quantitative estimate of drug-likeness (QED) is 0.579.